The fraction of sp³-hybridized carbons (Fsp3) is 0.640. The molecule has 118 heavy (non-hydrogen) atoms. The van der Waals surface area contributed by atoms with Gasteiger partial charge in [0.2, 0.25) is 88.6 Å². The van der Waals surface area contributed by atoms with Crippen molar-refractivity contribution in [3.8, 4) is 5.75 Å². The van der Waals surface area contributed by atoms with Crippen LogP contribution in [0.15, 0.2) is 54.6 Å². The highest BCUT2D eigenvalue weighted by Gasteiger charge is 2.41. The lowest BCUT2D eigenvalue weighted by Crippen LogP contribution is -2.61. The predicted octanol–water partition coefficient (Wildman–Crippen LogP) is -6.48. The Morgan fingerprint density at radius 2 is 1.06 bits per heavy atom. The van der Waals surface area contributed by atoms with Gasteiger partial charge in [0.25, 0.3) is 0 Å². The number of benzene rings is 2. The van der Waals surface area contributed by atoms with Crippen molar-refractivity contribution in [2.24, 2.45) is 28.7 Å². The summed E-state index contributed by atoms with van der Waals surface area (Å²) in [6, 6.07) is 1.16. The summed E-state index contributed by atoms with van der Waals surface area (Å²) in [5.41, 5.74) is 28.6. The average Bonchev–Trinajstić information content (AvgIpc) is 1.60. The number of nitrogens with zero attached hydrogens (tertiary/aromatic N) is 1. The van der Waals surface area contributed by atoms with Gasteiger partial charge in [0, 0.05) is 68.4 Å². The van der Waals surface area contributed by atoms with E-state index in [4.69, 9.17) is 66.6 Å². The fourth-order valence-electron chi connectivity index (χ4n) is 11.6. The number of rotatable bonds is 53. The normalized spacial score (nSPS) is 19.4. The molecule has 0 spiro atoms. The Bertz CT molecular complexity index is 3460. The molecule has 15 amide bonds. The van der Waals surface area contributed by atoms with Gasteiger partial charge in [-0.25, -0.2) is 0 Å². The number of phenolic OH excluding ortho intramolecular Hbond substituents is 1. The number of hydrogen-bond acceptors (Lipinski definition) is 28. The van der Waals surface area contributed by atoms with Gasteiger partial charge in [0.05, 0.1) is 132 Å². The standard InChI is InChI=1S/C75H119N17O24S2/c1-109-25-26-111-29-30-113-33-34-115-37-38-116-36-35-114-32-31-112-28-27-110-24-22-81-64(97)14-7-11-52-46-117-47-58(85-67(100)45-83-66(99)44-82-65(98)42-77)73(106)89-56(40-50-15-17-51(93)18-16-50)71(104)88-55(39-49-9-3-2-4-10-49)70(103)86-54(19-20-61(78)94)69(102)90-57(41-62(79)95)72(105)91-59(48-118-52)75(108)92-23-8-13-60(92)74(107)87-53(12-5-6-21-76)68(101)84-43-63(80)96/h2-4,9-10,15-18,52-60,93H,5-8,11-14,19-48,76-77H2,1H3,(H2,78,94)(H2,79,95)(H2,80,96)(H,81,97)(H,82,98)(H,83,99)(H,84,101)(H,85,100)(H,86,103)(H,87,107)(H,88,104)(H,89,106)(H,90,102)(H,91,105)/t52?,53-,54-,55-,56-,57-,58-,59-,60?/m0/s1. The number of thioether (sulfide) groups is 2. The molecule has 2 aliphatic rings. The maximum Gasteiger partial charge on any atom is 0.246 e. The minimum Gasteiger partial charge on any atom is -0.508 e. The second kappa shape index (κ2) is 60.1. The summed E-state index contributed by atoms with van der Waals surface area (Å²) in [6.07, 6.45) is -1.13. The molecule has 0 aromatic heterocycles. The van der Waals surface area contributed by atoms with Crippen LogP contribution in [-0.2, 0) is 123 Å². The number of nitrogens with two attached hydrogens (primary N) is 5. The Hall–Kier alpha value is -9.41. The molecule has 0 bridgehead atoms. The van der Waals surface area contributed by atoms with E-state index in [1.54, 1.807) is 37.4 Å². The first-order chi connectivity index (χ1) is 56.8. The number of ether oxygens (including phenoxy) is 8. The van der Waals surface area contributed by atoms with Crippen molar-refractivity contribution in [1.82, 2.24) is 63.4 Å². The Labute approximate surface area is 693 Å². The minimum absolute atomic E-state index is 0.0368. The van der Waals surface area contributed by atoms with E-state index in [-0.39, 0.29) is 120 Å². The molecule has 41 nitrogen and oxygen atoms in total. The highest BCUT2D eigenvalue weighted by Crippen LogP contribution is 2.27. The summed E-state index contributed by atoms with van der Waals surface area (Å²) in [7, 11) is 1.60. The van der Waals surface area contributed by atoms with E-state index in [1.165, 1.54) is 29.2 Å². The summed E-state index contributed by atoms with van der Waals surface area (Å²) in [6.45, 7) is 3.49. The fourth-order valence-corrected chi connectivity index (χ4v) is 14.3. The van der Waals surface area contributed by atoms with Gasteiger partial charge in [0.15, 0.2) is 0 Å². The van der Waals surface area contributed by atoms with Crippen molar-refractivity contribution in [1.29, 1.82) is 0 Å². The summed E-state index contributed by atoms with van der Waals surface area (Å²) >= 11 is 2.17. The third kappa shape index (κ3) is 43.9. The van der Waals surface area contributed by atoms with E-state index < -0.39 is 182 Å². The number of likely N-dealkylation sites (tertiary alicyclic amines) is 1. The molecule has 2 aromatic rings. The van der Waals surface area contributed by atoms with Crippen LogP contribution in [0.3, 0.4) is 0 Å². The van der Waals surface area contributed by atoms with Crippen LogP contribution in [0.5, 0.6) is 5.75 Å². The van der Waals surface area contributed by atoms with Gasteiger partial charge < -0.3 is 135 Å². The number of unbranched alkanes of at least 4 members (excludes halogenated alkanes) is 1. The van der Waals surface area contributed by atoms with Crippen molar-refractivity contribution < 1.29 is 115 Å². The van der Waals surface area contributed by atoms with Crippen molar-refractivity contribution in [2.75, 3.05) is 169 Å². The van der Waals surface area contributed by atoms with Gasteiger partial charge in [-0.15, -0.1) is 0 Å². The lowest BCUT2D eigenvalue weighted by molar-refractivity contribution is -0.142. The van der Waals surface area contributed by atoms with E-state index in [2.05, 4.69) is 58.5 Å². The Balaban J connectivity index is 1.69. The van der Waals surface area contributed by atoms with Crippen LogP contribution in [0.1, 0.15) is 81.8 Å². The van der Waals surface area contributed by atoms with E-state index in [1.807, 2.05) is 0 Å². The van der Waals surface area contributed by atoms with Crippen LogP contribution < -0.4 is 87.2 Å². The zero-order valence-electron chi connectivity index (χ0n) is 66.7. The third-order valence-electron chi connectivity index (χ3n) is 17.7. The average molecular weight is 1710 g/mol. The van der Waals surface area contributed by atoms with Crippen LogP contribution >= 0.6 is 23.5 Å². The monoisotopic (exact) mass is 1710 g/mol. The molecule has 2 aromatic carbocycles. The largest absolute Gasteiger partial charge is 0.508 e. The number of hydrogen-bond donors (Lipinski definition) is 17. The lowest BCUT2D eigenvalue weighted by Gasteiger charge is -2.31. The topological polar surface area (TPSA) is 616 Å². The number of phenols is 1. The molecule has 2 heterocycles. The molecular weight excluding hydrogens is 1590 g/mol. The SMILES string of the molecule is COCCOCCOCCOCCOCCOCCOCCOCCNC(=O)CCCC1CSC[C@H](NC(=O)CNC(=O)CNC(=O)CN)C(=O)N[C@@H](Cc2ccc(O)cc2)C(=O)N[C@@H](Cc2ccccc2)C(=O)N[C@@H](CCC(N)=O)C(=O)N[C@@H](CC(N)=O)C(=O)N[C@H](C(=O)N2CCCC2C(=O)N[C@@H](CCCCN)C(=O)NCC(N)=O)CS1. The quantitative estimate of drug-likeness (QED) is 0.0274. The molecule has 2 fully saturated rings. The molecule has 0 saturated carbocycles. The molecule has 0 radical (unpaired) electrons. The summed E-state index contributed by atoms with van der Waals surface area (Å²) in [4.78, 5) is 208. The first-order valence-electron chi connectivity index (χ1n) is 39.1. The van der Waals surface area contributed by atoms with Crippen LogP contribution in [0.4, 0.5) is 0 Å². The van der Waals surface area contributed by atoms with Gasteiger partial charge in [0.1, 0.15) is 54.1 Å². The molecule has 2 unspecified atom stereocenters. The van der Waals surface area contributed by atoms with E-state index in [9.17, 15) is 67.4 Å². The molecule has 9 atom stereocenters. The van der Waals surface area contributed by atoms with Crippen molar-refractivity contribution in [3.63, 3.8) is 0 Å². The number of methoxy groups -OCH3 is 1. The van der Waals surface area contributed by atoms with Crippen molar-refractivity contribution in [3.05, 3.63) is 65.7 Å². The second-order valence-electron chi connectivity index (χ2n) is 27.2. The second-order valence-corrected chi connectivity index (χ2v) is 29.6. The number of aromatic hydroxyl groups is 1. The number of carbonyl (C=O) groups is 15. The molecule has 2 saturated heterocycles. The summed E-state index contributed by atoms with van der Waals surface area (Å²) in [5.74, 6) is -14.2. The maximum absolute atomic E-state index is 15.4. The van der Waals surface area contributed by atoms with Crippen molar-refractivity contribution >= 4 is 112 Å². The lowest BCUT2D eigenvalue weighted by atomic mass is 10.0. The Kier molecular flexibility index (Phi) is 51.4. The van der Waals surface area contributed by atoms with E-state index in [0.717, 1.165) is 23.5 Å². The zero-order valence-corrected chi connectivity index (χ0v) is 68.4. The first kappa shape index (κ1) is 101. The Morgan fingerprint density at radius 1 is 0.525 bits per heavy atom. The molecule has 22 N–H and O–H groups in total. The summed E-state index contributed by atoms with van der Waals surface area (Å²) < 4.78 is 43.5. The number of carbonyl (C=O) groups excluding carboxylic acids is 15. The maximum atomic E-state index is 15.4. The molecular formula is C75H119N17O24S2. The van der Waals surface area contributed by atoms with Gasteiger partial charge in [-0.2, -0.15) is 23.5 Å². The number of nitrogens with one attached hydrogen (secondary N) is 11. The highest BCUT2D eigenvalue weighted by molar-refractivity contribution is 8.03. The minimum atomic E-state index is -1.92. The van der Waals surface area contributed by atoms with E-state index >= 15 is 9.59 Å². The zero-order chi connectivity index (χ0) is 86.2. The van der Waals surface area contributed by atoms with Crippen LogP contribution in [0.25, 0.3) is 0 Å². The highest BCUT2D eigenvalue weighted by atomic mass is 32.2. The van der Waals surface area contributed by atoms with Gasteiger partial charge in [-0.05, 0) is 81.2 Å². The molecule has 43 heteroatoms. The molecule has 4 rings (SSSR count). The van der Waals surface area contributed by atoms with Crippen LogP contribution in [-0.4, -0.2) is 321 Å². The summed E-state index contributed by atoms with van der Waals surface area (Å²) in [5, 5.41) is 37.7. The third-order valence-corrected chi connectivity index (χ3v) is 20.5. The smallest absolute Gasteiger partial charge is 0.246 e. The number of primary amides is 3. The molecule has 0 aliphatic carbocycles. The predicted molar refractivity (Wildman–Crippen MR) is 431 cm³/mol. The van der Waals surface area contributed by atoms with Gasteiger partial charge in [-0.1, -0.05) is 42.5 Å². The first-order valence-corrected chi connectivity index (χ1v) is 41.3. The van der Waals surface area contributed by atoms with E-state index in [0.29, 0.717) is 103 Å². The number of amides is 15. The van der Waals surface area contributed by atoms with Crippen LogP contribution in [0.2, 0.25) is 0 Å². The van der Waals surface area contributed by atoms with Gasteiger partial charge in [-0.3, -0.25) is 71.9 Å². The van der Waals surface area contributed by atoms with Crippen LogP contribution in [0, 0.1) is 0 Å². The molecule has 660 valence electrons. The molecule has 2 aliphatic heterocycles. The Morgan fingerprint density at radius 3 is 1.63 bits per heavy atom. The van der Waals surface area contributed by atoms with Gasteiger partial charge >= 0.3 is 0 Å². The van der Waals surface area contributed by atoms with Crippen molar-refractivity contribution in [2.45, 2.75) is 137 Å².